The molecule has 0 spiro atoms. The summed E-state index contributed by atoms with van der Waals surface area (Å²) in [5.41, 5.74) is 2.82. The molecule has 0 N–H and O–H groups in total. The van der Waals surface area contributed by atoms with Crippen molar-refractivity contribution in [3.63, 3.8) is 0 Å². The molecule has 0 radical (unpaired) electrons. The van der Waals surface area contributed by atoms with Gasteiger partial charge in [-0.2, -0.15) is 0 Å². The Morgan fingerprint density at radius 1 is 1.27 bits per heavy atom. The van der Waals surface area contributed by atoms with E-state index in [9.17, 15) is 4.79 Å². The Bertz CT molecular complexity index is 862. The van der Waals surface area contributed by atoms with Crippen molar-refractivity contribution in [1.29, 1.82) is 0 Å². The van der Waals surface area contributed by atoms with Crippen molar-refractivity contribution >= 4 is 17.2 Å². The lowest BCUT2D eigenvalue weighted by molar-refractivity contribution is -0.131. The van der Waals surface area contributed by atoms with Gasteiger partial charge >= 0.3 is 0 Å². The maximum absolute atomic E-state index is 12.6. The van der Waals surface area contributed by atoms with Gasteiger partial charge in [0, 0.05) is 30.4 Å². The molecule has 134 valence electrons. The predicted octanol–water partition coefficient (Wildman–Crippen LogP) is 3.98. The number of benzene rings is 1. The number of rotatable bonds is 6. The van der Waals surface area contributed by atoms with E-state index in [1.807, 2.05) is 55.7 Å². The minimum atomic E-state index is -0.0233. The number of methoxy groups -OCH3 is 1. The monoisotopic (exact) mass is 367 g/mol. The Morgan fingerprint density at radius 3 is 2.69 bits per heavy atom. The van der Waals surface area contributed by atoms with Crippen molar-refractivity contribution in [3.05, 3.63) is 65.4 Å². The molecule has 3 rings (SSSR count). The summed E-state index contributed by atoms with van der Waals surface area (Å²) in [6.07, 6.45) is 3.80. The lowest BCUT2D eigenvalue weighted by atomic mass is 10.1. The number of amides is 1. The first kappa shape index (κ1) is 18.1. The summed E-state index contributed by atoms with van der Waals surface area (Å²) in [6, 6.07) is 11.6. The molecule has 2 heterocycles. The number of likely N-dealkylation sites (N-methyl/N-ethyl adjacent to an activating group) is 1. The SMILES string of the molecule is COc1ccc(C(C)N(C)C(=O)Cc2csc(-c3cccnc3)n2)cc1. The molecule has 0 aliphatic heterocycles. The highest BCUT2D eigenvalue weighted by atomic mass is 32.1. The van der Waals surface area contributed by atoms with Crippen LogP contribution in [0, 0.1) is 0 Å². The predicted molar refractivity (Wildman–Crippen MR) is 103 cm³/mol. The van der Waals surface area contributed by atoms with Gasteiger partial charge in [0.25, 0.3) is 0 Å². The van der Waals surface area contributed by atoms with Gasteiger partial charge in [-0.25, -0.2) is 4.98 Å². The number of hydrogen-bond acceptors (Lipinski definition) is 5. The molecular formula is C20H21N3O2S. The average molecular weight is 367 g/mol. The fourth-order valence-electron chi connectivity index (χ4n) is 2.61. The molecule has 0 fully saturated rings. The second-order valence-corrected chi connectivity index (χ2v) is 6.87. The van der Waals surface area contributed by atoms with Crippen LogP contribution in [-0.2, 0) is 11.2 Å². The van der Waals surface area contributed by atoms with Crippen LogP contribution in [0.15, 0.2) is 54.2 Å². The Hall–Kier alpha value is -2.73. The van der Waals surface area contributed by atoms with Gasteiger partial charge in [0.2, 0.25) is 5.91 Å². The molecule has 6 heteroatoms. The van der Waals surface area contributed by atoms with Gasteiger partial charge in [-0.05, 0) is 36.8 Å². The topological polar surface area (TPSA) is 55.3 Å². The highest BCUT2D eigenvalue weighted by Gasteiger charge is 2.19. The quantitative estimate of drug-likeness (QED) is 0.661. The Kier molecular flexibility index (Phi) is 5.63. The number of thiazole rings is 1. The number of pyridine rings is 1. The maximum atomic E-state index is 12.6. The summed E-state index contributed by atoms with van der Waals surface area (Å²) in [5, 5.41) is 2.82. The number of ether oxygens (including phenoxy) is 1. The van der Waals surface area contributed by atoms with Crippen molar-refractivity contribution in [1.82, 2.24) is 14.9 Å². The number of hydrogen-bond donors (Lipinski definition) is 0. The Morgan fingerprint density at radius 2 is 2.04 bits per heavy atom. The summed E-state index contributed by atoms with van der Waals surface area (Å²) in [5.74, 6) is 0.844. The highest BCUT2D eigenvalue weighted by molar-refractivity contribution is 7.13. The maximum Gasteiger partial charge on any atom is 0.228 e. The van der Waals surface area contributed by atoms with E-state index in [1.165, 1.54) is 11.3 Å². The molecule has 0 bridgehead atoms. The van der Waals surface area contributed by atoms with E-state index in [1.54, 1.807) is 24.4 Å². The van der Waals surface area contributed by atoms with Crippen molar-refractivity contribution in [2.24, 2.45) is 0 Å². The van der Waals surface area contributed by atoms with Gasteiger partial charge in [-0.3, -0.25) is 9.78 Å². The number of carbonyl (C=O) groups excluding carboxylic acids is 1. The normalized spacial score (nSPS) is 11.8. The molecule has 0 saturated heterocycles. The minimum Gasteiger partial charge on any atom is -0.497 e. The summed E-state index contributed by atoms with van der Waals surface area (Å²) >= 11 is 1.53. The van der Waals surface area contributed by atoms with Crippen LogP contribution >= 0.6 is 11.3 Å². The van der Waals surface area contributed by atoms with Gasteiger partial charge in [-0.1, -0.05) is 12.1 Å². The Balaban J connectivity index is 1.66. The average Bonchev–Trinajstić information content (AvgIpc) is 3.16. The van der Waals surface area contributed by atoms with Gasteiger partial charge in [0.15, 0.2) is 0 Å². The first-order valence-corrected chi connectivity index (χ1v) is 9.21. The third-order valence-corrected chi connectivity index (χ3v) is 5.31. The van der Waals surface area contributed by atoms with Crippen LogP contribution in [-0.4, -0.2) is 34.9 Å². The van der Waals surface area contributed by atoms with E-state index in [-0.39, 0.29) is 18.4 Å². The van der Waals surface area contributed by atoms with Gasteiger partial charge in [-0.15, -0.1) is 11.3 Å². The zero-order valence-electron chi connectivity index (χ0n) is 15.0. The summed E-state index contributed by atoms with van der Waals surface area (Å²) < 4.78 is 5.18. The standard InChI is InChI=1S/C20H21N3O2S/c1-14(15-6-8-18(25-3)9-7-15)23(2)19(24)11-17-13-26-20(22-17)16-5-4-10-21-12-16/h4-10,12-14H,11H2,1-3H3. The van der Waals surface area contributed by atoms with Crippen LogP contribution in [0.5, 0.6) is 5.75 Å². The first-order valence-electron chi connectivity index (χ1n) is 8.33. The van der Waals surface area contributed by atoms with Crippen LogP contribution in [0.25, 0.3) is 10.6 Å². The Labute approximate surface area is 157 Å². The highest BCUT2D eigenvalue weighted by Crippen LogP contribution is 2.25. The zero-order chi connectivity index (χ0) is 18.5. The van der Waals surface area contributed by atoms with Crippen LogP contribution in [0.2, 0.25) is 0 Å². The third-order valence-electron chi connectivity index (χ3n) is 4.37. The van der Waals surface area contributed by atoms with Crippen molar-refractivity contribution in [2.75, 3.05) is 14.2 Å². The minimum absolute atomic E-state index is 0.0233. The summed E-state index contributed by atoms with van der Waals surface area (Å²) in [7, 11) is 3.47. The van der Waals surface area contributed by atoms with Crippen molar-refractivity contribution in [3.8, 4) is 16.3 Å². The lowest BCUT2D eigenvalue weighted by Crippen LogP contribution is -2.31. The molecule has 0 aliphatic rings. The fraction of sp³-hybridized carbons (Fsp3) is 0.250. The molecule has 1 amide bonds. The molecule has 26 heavy (non-hydrogen) atoms. The van der Waals surface area contributed by atoms with Gasteiger partial charge in [0.05, 0.1) is 25.3 Å². The van der Waals surface area contributed by atoms with E-state index in [4.69, 9.17) is 4.74 Å². The van der Waals surface area contributed by atoms with E-state index < -0.39 is 0 Å². The smallest absolute Gasteiger partial charge is 0.228 e. The number of aromatic nitrogens is 2. The second kappa shape index (κ2) is 8.10. The third kappa shape index (κ3) is 4.08. The molecular weight excluding hydrogens is 346 g/mol. The van der Waals surface area contributed by atoms with Crippen molar-refractivity contribution < 1.29 is 9.53 Å². The van der Waals surface area contributed by atoms with E-state index >= 15 is 0 Å². The van der Waals surface area contributed by atoms with E-state index in [0.29, 0.717) is 0 Å². The van der Waals surface area contributed by atoms with Gasteiger partial charge in [0.1, 0.15) is 10.8 Å². The molecule has 1 aromatic carbocycles. The van der Waals surface area contributed by atoms with Crippen LogP contribution in [0.4, 0.5) is 0 Å². The van der Waals surface area contributed by atoms with Crippen LogP contribution in [0.3, 0.4) is 0 Å². The molecule has 2 aromatic heterocycles. The van der Waals surface area contributed by atoms with E-state index in [0.717, 1.165) is 27.6 Å². The second-order valence-electron chi connectivity index (χ2n) is 6.02. The van der Waals surface area contributed by atoms with Crippen molar-refractivity contribution in [2.45, 2.75) is 19.4 Å². The molecule has 1 atom stereocenters. The molecule has 5 nitrogen and oxygen atoms in total. The molecule has 1 unspecified atom stereocenters. The van der Waals surface area contributed by atoms with E-state index in [2.05, 4.69) is 9.97 Å². The first-order chi connectivity index (χ1) is 12.6. The summed E-state index contributed by atoms with van der Waals surface area (Å²) in [6.45, 7) is 2.02. The fourth-order valence-corrected chi connectivity index (χ4v) is 3.42. The largest absolute Gasteiger partial charge is 0.497 e. The molecule has 3 aromatic rings. The molecule has 0 aliphatic carbocycles. The zero-order valence-corrected chi connectivity index (χ0v) is 15.9. The lowest BCUT2D eigenvalue weighted by Gasteiger charge is -2.25. The van der Waals surface area contributed by atoms with Gasteiger partial charge < -0.3 is 9.64 Å². The van der Waals surface area contributed by atoms with Crippen LogP contribution in [0.1, 0.15) is 24.2 Å². The molecule has 0 saturated carbocycles. The summed E-state index contributed by atoms with van der Waals surface area (Å²) in [4.78, 5) is 23.1. The number of carbonyl (C=O) groups is 1. The number of nitrogens with zero attached hydrogens (tertiary/aromatic N) is 3. The van der Waals surface area contributed by atoms with Crippen LogP contribution < -0.4 is 4.74 Å².